The third kappa shape index (κ3) is 10.5. The van der Waals surface area contributed by atoms with Gasteiger partial charge in [-0.3, -0.25) is 0 Å². The number of hydrogen-bond acceptors (Lipinski definition) is 2. The van der Waals surface area contributed by atoms with Gasteiger partial charge in [0, 0.05) is 0 Å². The van der Waals surface area contributed by atoms with Crippen LogP contribution in [-0.4, -0.2) is 33.1 Å². The maximum absolute atomic E-state index is 10.1. The van der Waals surface area contributed by atoms with Crippen molar-refractivity contribution in [2.45, 2.75) is 86.8 Å². The van der Waals surface area contributed by atoms with Crippen molar-refractivity contribution in [1.29, 1.82) is 5.26 Å². The summed E-state index contributed by atoms with van der Waals surface area (Å²) in [7, 11) is 1.66. The number of rotatable bonds is 12. The first kappa shape index (κ1) is 19.1. The first-order valence-corrected chi connectivity index (χ1v) is 12.5. The van der Waals surface area contributed by atoms with Crippen molar-refractivity contribution in [3.05, 3.63) is 0 Å². The Labute approximate surface area is 125 Å². The summed E-state index contributed by atoms with van der Waals surface area (Å²) in [6.07, 6.45) is 10.9. The van der Waals surface area contributed by atoms with E-state index in [4.69, 9.17) is 5.26 Å². The molecule has 2 atom stereocenters. The van der Waals surface area contributed by atoms with Crippen LogP contribution in [0.1, 0.15) is 64.7 Å². The zero-order chi connectivity index (χ0) is 14.5. The predicted octanol–water partition coefficient (Wildman–Crippen LogP) is 4.15. The van der Waals surface area contributed by atoms with Crippen LogP contribution in [0.15, 0.2) is 0 Å². The molecule has 0 heterocycles. The first-order chi connectivity index (χ1) is 9.13. The Morgan fingerprint density at radius 1 is 1.05 bits per heavy atom. The van der Waals surface area contributed by atoms with Crippen molar-refractivity contribution in [2.75, 3.05) is 0 Å². The molecule has 0 amide bonds. The molecule has 1 radical (unpaired) electrons. The van der Waals surface area contributed by atoms with Crippen molar-refractivity contribution in [3.63, 3.8) is 0 Å². The Bertz CT molecular complexity index is 243. The van der Waals surface area contributed by atoms with Crippen LogP contribution in [0.2, 0.25) is 16.0 Å². The van der Waals surface area contributed by atoms with Gasteiger partial charge in [-0.25, -0.2) is 0 Å². The average Bonchev–Trinajstić information content (AvgIpc) is 2.38. The van der Waals surface area contributed by atoms with Crippen molar-refractivity contribution in [1.82, 2.24) is 0 Å². The van der Waals surface area contributed by atoms with Crippen LogP contribution in [0.4, 0.5) is 0 Å². The van der Waals surface area contributed by atoms with E-state index < -0.39 is 14.7 Å². The molecular weight excluding hydrogens is 296 g/mol. The molecule has 0 fully saturated rings. The summed E-state index contributed by atoms with van der Waals surface area (Å²) in [5.74, 6) is 2.11. The van der Waals surface area contributed by atoms with Gasteiger partial charge in [0.1, 0.15) is 0 Å². The maximum atomic E-state index is 10.1. The summed E-state index contributed by atoms with van der Waals surface area (Å²) in [6.45, 7) is 2.24. The van der Waals surface area contributed by atoms with E-state index in [0.717, 1.165) is 12.8 Å². The predicted molar refractivity (Wildman–Crippen MR) is 85.8 cm³/mol. The van der Waals surface area contributed by atoms with Crippen LogP contribution in [0, 0.1) is 11.2 Å². The molecule has 109 valence electrons. The van der Waals surface area contributed by atoms with Gasteiger partial charge >= 0.3 is 125 Å². The Morgan fingerprint density at radius 2 is 1.58 bits per heavy atom. The standard InChI is InChI=1S/C15H30AsBNO/c1-4-5-6-7-8-9-10-11-12-14(19)15(16(2)3)17-13-18/h14-15,19H,4-12H2,1-3H3. The van der Waals surface area contributed by atoms with Crippen molar-refractivity contribution in [3.8, 4) is 5.97 Å². The van der Waals surface area contributed by atoms with E-state index in [-0.39, 0.29) is 10.7 Å². The van der Waals surface area contributed by atoms with Gasteiger partial charge in [-0.15, -0.1) is 0 Å². The molecular formula is C15H30AsBNO. The monoisotopic (exact) mass is 326 g/mol. The van der Waals surface area contributed by atoms with Gasteiger partial charge < -0.3 is 0 Å². The Hall–Kier alpha value is 0.0734. The number of aliphatic hydroxyl groups is 1. The van der Waals surface area contributed by atoms with Crippen molar-refractivity contribution < 1.29 is 5.11 Å². The van der Waals surface area contributed by atoms with Gasteiger partial charge in [-0.1, -0.05) is 0 Å². The quantitative estimate of drug-likeness (QED) is 0.433. The molecule has 0 aliphatic rings. The Balaban J connectivity index is 3.56. The molecule has 0 aromatic heterocycles. The van der Waals surface area contributed by atoms with Gasteiger partial charge in [0.15, 0.2) is 0 Å². The molecule has 0 spiro atoms. The van der Waals surface area contributed by atoms with E-state index >= 15 is 0 Å². The normalized spacial score (nSPS) is 14.1. The van der Waals surface area contributed by atoms with Gasteiger partial charge in [-0.2, -0.15) is 0 Å². The summed E-state index contributed by atoms with van der Waals surface area (Å²) < 4.78 is 0.169. The number of aliphatic hydroxyl groups excluding tert-OH is 1. The van der Waals surface area contributed by atoms with Gasteiger partial charge in [-0.05, 0) is 0 Å². The van der Waals surface area contributed by atoms with E-state index in [9.17, 15) is 5.11 Å². The molecule has 2 unspecified atom stereocenters. The zero-order valence-corrected chi connectivity index (χ0v) is 14.8. The molecule has 2 nitrogen and oxygen atoms in total. The van der Waals surface area contributed by atoms with Crippen LogP contribution in [-0.2, 0) is 0 Å². The second kappa shape index (κ2) is 13.1. The number of hydrogen-bond donors (Lipinski definition) is 1. The minimum atomic E-state index is -1.03. The molecule has 0 saturated heterocycles. The number of nitriles is 1. The summed E-state index contributed by atoms with van der Waals surface area (Å²) in [4.78, 5) is 0. The molecule has 0 bridgehead atoms. The molecule has 19 heavy (non-hydrogen) atoms. The topological polar surface area (TPSA) is 44.0 Å². The van der Waals surface area contributed by atoms with Gasteiger partial charge in [0.25, 0.3) is 0 Å². The summed E-state index contributed by atoms with van der Waals surface area (Å²) >= 11 is -1.03. The van der Waals surface area contributed by atoms with Crippen LogP contribution < -0.4 is 0 Å². The number of unbranched alkanes of at least 4 members (excludes halogenated alkanes) is 7. The second-order valence-electron chi connectivity index (χ2n) is 5.58. The van der Waals surface area contributed by atoms with Crippen LogP contribution in [0.5, 0.6) is 0 Å². The summed E-state index contributed by atoms with van der Waals surface area (Å²) in [5, 5.41) is 18.9. The molecule has 0 saturated carbocycles. The molecule has 1 N–H and O–H groups in total. The van der Waals surface area contributed by atoms with Crippen molar-refractivity contribution >= 4 is 21.9 Å². The minimum absolute atomic E-state index is 0.169. The Morgan fingerprint density at radius 3 is 2.05 bits per heavy atom. The molecule has 0 rings (SSSR count). The molecule has 0 aliphatic carbocycles. The zero-order valence-electron chi connectivity index (χ0n) is 12.9. The SMILES string of the molecule is CCCCCCCCCCC(O)C([B]C#N)[As](C)C. The molecule has 4 heteroatoms. The van der Waals surface area contributed by atoms with E-state index in [1.54, 1.807) is 7.28 Å². The van der Waals surface area contributed by atoms with E-state index in [1.165, 1.54) is 44.9 Å². The fourth-order valence-corrected chi connectivity index (χ4v) is 4.86. The van der Waals surface area contributed by atoms with E-state index in [1.807, 2.05) is 0 Å². The average molecular weight is 326 g/mol. The fraction of sp³-hybridized carbons (Fsp3) is 0.933. The third-order valence-corrected chi connectivity index (χ3v) is 7.13. The van der Waals surface area contributed by atoms with Crippen LogP contribution >= 0.6 is 0 Å². The van der Waals surface area contributed by atoms with Gasteiger partial charge in [0.05, 0.1) is 0 Å². The fourth-order valence-electron chi connectivity index (χ4n) is 2.34. The third-order valence-electron chi connectivity index (χ3n) is 3.59. The van der Waals surface area contributed by atoms with Crippen LogP contribution in [0.3, 0.4) is 0 Å². The van der Waals surface area contributed by atoms with E-state index in [2.05, 4.69) is 24.3 Å². The molecule has 0 aromatic rings. The Kier molecular flexibility index (Phi) is 13.1. The number of nitrogens with zero attached hydrogens (tertiary/aromatic N) is 1. The molecule has 0 aromatic carbocycles. The summed E-state index contributed by atoms with van der Waals surface area (Å²) in [5.41, 5.74) is 4.42. The van der Waals surface area contributed by atoms with Crippen molar-refractivity contribution in [2.24, 2.45) is 0 Å². The first-order valence-electron chi connectivity index (χ1n) is 7.71. The van der Waals surface area contributed by atoms with E-state index in [0.29, 0.717) is 0 Å². The van der Waals surface area contributed by atoms with Gasteiger partial charge in [0.2, 0.25) is 0 Å². The summed E-state index contributed by atoms with van der Waals surface area (Å²) in [6, 6.07) is 0. The molecule has 0 aliphatic heterocycles. The van der Waals surface area contributed by atoms with Crippen LogP contribution in [0.25, 0.3) is 0 Å². The second-order valence-corrected chi connectivity index (χ2v) is 10.9.